The molecule has 0 aliphatic carbocycles. The molecule has 0 fully saturated rings. The Labute approximate surface area is 213 Å². The van der Waals surface area contributed by atoms with Crippen LogP contribution in [0.25, 0.3) is 11.1 Å². The minimum atomic E-state index is -1.16. The van der Waals surface area contributed by atoms with Crippen molar-refractivity contribution in [3.8, 4) is 0 Å². The van der Waals surface area contributed by atoms with Gasteiger partial charge in [0.15, 0.2) is 5.58 Å². The summed E-state index contributed by atoms with van der Waals surface area (Å²) in [7, 11) is 0. The van der Waals surface area contributed by atoms with Crippen molar-refractivity contribution >= 4 is 52.4 Å². The highest BCUT2D eigenvalue weighted by molar-refractivity contribution is 6.31. The van der Waals surface area contributed by atoms with E-state index in [9.17, 15) is 19.1 Å². The molecular weight excluding hydrogens is 505 g/mol. The topological polar surface area (TPSA) is 155 Å². The number of allylic oxidation sites excluding steroid dienone is 1. The molecule has 1 aliphatic heterocycles. The number of oxazole rings is 1. The van der Waals surface area contributed by atoms with E-state index in [0.29, 0.717) is 16.8 Å². The summed E-state index contributed by atoms with van der Waals surface area (Å²) in [6.07, 6.45) is 4.23. The molecule has 0 saturated heterocycles. The number of aliphatic imine (C=N–C) groups is 1. The molecule has 0 spiro atoms. The molecule has 1 atom stereocenters. The van der Waals surface area contributed by atoms with Gasteiger partial charge in [0.05, 0.1) is 16.2 Å². The van der Waals surface area contributed by atoms with Gasteiger partial charge < -0.3 is 20.2 Å². The Morgan fingerprint density at radius 2 is 2.03 bits per heavy atom. The SMILES string of the molecule is CC1=C(C(=O)Nc2cc(C(=O)O)ccn2)C(c2ccncc2Cl)N=C(Nc2nc3ccc(F)cc3o2)N1. The van der Waals surface area contributed by atoms with Crippen LogP contribution in [0.15, 0.2) is 75.7 Å². The van der Waals surface area contributed by atoms with Crippen LogP contribution in [0.3, 0.4) is 0 Å². The molecule has 37 heavy (non-hydrogen) atoms. The van der Waals surface area contributed by atoms with Crippen LogP contribution < -0.4 is 16.0 Å². The summed E-state index contributed by atoms with van der Waals surface area (Å²) in [5, 5.41) is 18.0. The number of rotatable bonds is 5. The lowest BCUT2D eigenvalue weighted by Crippen LogP contribution is -2.37. The highest BCUT2D eigenvalue weighted by atomic mass is 35.5. The summed E-state index contributed by atoms with van der Waals surface area (Å²) >= 11 is 6.40. The number of halogens is 2. The van der Waals surface area contributed by atoms with Crippen LogP contribution in [-0.4, -0.2) is 37.9 Å². The second-order valence-electron chi connectivity index (χ2n) is 7.89. The van der Waals surface area contributed by atoms with Crippen LogP contribution in [0.1, 0.15) is 28.9 Å². The van der Waals surface area contributed by atoms with Crippen molar-refractivity contribution in [2.45, 2.75) is 13.0 Å². The second-order valence-corrected chi connectivity index (χ2v) is 8.29. The number of nitrogens with one attached hydrogen (secondary N) is 3. The van der Waals surface area contributed by atoms with E-state index in [1.165, 1.54) is 48.9 Å². The smallest absolute Gasteiger partial charge is 0.335 e. The standard InChI is InChI=1S/C24H17ClFN7O4/c1-11-19(21(34)31-18-8-12(22(35)36)4-7-28-18)20(14-5-6-27-10-15(14)25)32-23(29-11)33-24-30-16-3-2-13(26)9-17(16)37-24/h2-10,20H,1H3,(H,35,36)(H,28,31,34)(H2,29,30,32,33). The van der Waals surface area contributed by atoms with Crippen LogP contribution >= 0.6 is 11.6 Å². The van der Waals surface area contributed by atoms with Gasteiger partial charge in [-0.3, -0.25) is 15.1 Å². The first-order valence-electron chi connectivity index (χ1n) is 10.8. The summed E-state index contributed by atoms with van der Waals surface area (Å²) < 4.78 is 19.1. The number of hydrogen-bond acceptors (Lipinski definition) is 9. The fraction of sp³-hybridized carbons (Fsp3) is 0.0833. The molecule has 1 aliphatic rings. The number of fused-ring (bicyclic) bond motifs is 1. The zero-order valence-corrected chi connectivity index (χ0v) is 19.7. The molecule has 186 valence electrons. The molecule has 0 saturated carbocycles. The monoisotopic (exact) mass is 521 g/mol. The van der Waals surface area contributed by atoms with E-state index in [1.54, 1.807) is 13.0 Å². The number of anilines is 2. The van der Waals surface area contributed by atoms with Crippen molar-refractivity contribution in [3.63, 3.8) is 0 Å². The molecule has 0 radical (unpaired) electrons. The summed E-state index contributed by atoms with van der Waals surface area (Å²) in [5.41, 5.74) is 1.78. The molecule has 1 aromatic carbocycles. The van der Waals surface area contributed by atoms with Gasteiger partial charge in [0.2, 0.25) is 5.96 Å². The zero-order valence-electron chi connectivity index (χ0n) is 19.0. The first kappa shape index (κ1) is 23.9. The summed E-state index contributed by atoms with van der Waals surface area (Å²) in [6.45, 7) is 1.66. The Morgan fingerprint density at radius 1 is 1.19 bits per heavy atom. The number of nitrogens with zero attached hydrogens (tertiary/aromatic N) is 4. The van der Waals surface area contributed by atoms with Crippen molar-refractivity contribution in [1.29, 1.82) is 0 Å². The number of benzene rings is 1. The maximum atomic E-state index is 13.5. The van der Waals surface area contributed by atoms with Crippen LogP contribution in [-0.2, 0) is 4.79 Å². The third kappa shape index (κ3) is 4.95. The molecule has 1 amide bonds. The molecular formula is C24H17ClFN7O4. The third-order valence-electron chi connectivity index (χ3n) is 5.41. The van der Waals surface area contributed by atoms with Crippen LogP contribution in [0.4, 0.5) is 16.2 Å². The van der Waals surface area contributed by atoms with Crippen LogP contribution in [0, 0.1) is 5.82 Å². The number of carbonyl (C=O) groups excluding carboxylic acids is 1. The number of aromatic nitrogens is 3. The van der Waals surface area contributed by atoms with Gasteiger partial charge in [-0.05, 0) is 37.3 Å². The summed E-state index contributed by atoms with van der Waals surface area (Å²) in [4.78, 5) is 41.5. The maximum Gasteiger partial charge on any atom is 0.335 e. The molecule has 0 bridgehead atoms. The number of pyridine rings is 2. The van der Waals surface area contributed by atoms with E-state index in [-0.39, 0.29) is 39.5 Å². The number of aromatic carboxylic acids is 1. The molecule has 1 unspecified atom stereocenters. The lowest BCUT2D eigenvalue weighted by molar-refractivity contribution is -0.113. The average molecular weight is 522 g/mol. The van der Waals surface area contributed by atoms with Crippen molar-refractivity contribution in [3.05, 3.63) is 88.2 Å². The first-order chi connectivity index (χ1) is 17.8. The van der Waals surface area contributed by atoms with Gasteiger partial charge in [-0.25, -0.2) is 19.2 Å². The van der Waals surface area contributed by atoms with Crippen LogP contribution in [0.2, 0.25) is 5.02 Å². The number of carboxylic acids is 1. The largest absolute Gasteiger partial charge is 0.478 e. The molecule has 13 heteroatoms. The van der Waals surface area contributed by atoms with E-state index in [4.69, 9.17) is 16.0 Å². The highest BCUT2D eigenvalue weighted by Gasteiger charge is 2.31. The molecule has 11 nitrogen and oxygen atoms in total. The Bertz CT molecular complexity index is 1620. The lowest BCUT2D eigenvalue weighted by Gasteiger charge is -2.26. The Balaban J connectivity index is 1.48. The van der Waals surface area contributed by atoms with E-state index in [1.807, 2.05) is 0 Å². The normalized spacial score (nSPS) is 15.2. The summed E-state index contributed by atoms with van der Waals surface area (Å²) in [5.74, 6) is -1.94. The van der Waals surface area contributed by atoms with Crippen LogP contribution in [0.5, 0.6) is 0 Å². The van der Waals surface area contributed by atoms with Gasteiger partial charge in [-0.15, -0.1) is 0 Å². The second kappa shape index (κ2) is 9.66. The van der Waals surface area contributed by atoms with E-state index in [0.717, 1.165) is 0 Å². The van der Waals surface area contributed by atoms with Gasteiger partial charge in [0, 0.05) is 35.9 Å². The van der Waals surface area contributed by atoms with Gasteiger partial charge in [-0.1, -0.05) is 11.6 Å². The number of amides is 1. The minimum Gasteiger partial charge on any atom is -0.478 e. The van der Waals surface area contributed by atoms with E-state index in [2.05, 4.69) is 35.9 Å². The van der Waals surface area contributed by atoms with Gasteiger partial charge >= 0.3 is 12.0 Å². The van der Waals surface area contributed by atoms with Crippen molar-refractivity contribution in [2.75, 3.05) is 10.6 Å². The number of carboxylic acid groups (broad SMARTS) is 1. The van der Waals surface area contributed by atoms with Crippen molar-refractivity contribution in [2.24, 2.45) is 4.99 Å². The Kier molecular flexibility index (Phi) is 6.24. The van der Waals surface area contributed by atoms with Crippen molar-refractivity contribution in [1.82, 2.24) is 20.3 Å². The van der Waals surface area contributed by atoms with E-state index >= 15 is 0 Å². The Morgan fingerprint density at radius 3 is 2.81 bits per heavy atom. The van der Waals surface area contributed by atoms with Gasteiger partial charge in [0.1, 0.15) is 23.2 Å². The molecule has 4 N–H and O–H groups in total. The average Bonchev–Trinajstić information content (AvgIpc) is 3.25. The van der Waals surface area contributed by atoms with Crippen molar-refractivity contribution < 1.29 is 23.5 Å². The zero-order chi connectivity index (χ0) is 26.1. The van der Waals surface area contributed by atoms with Gasteiger partial charge in [0.25, 0.3) is 5.91 Å². The van der Waals surface area contributed by atoms with E-state index < -0.39 is 23.7 Å². The van der Waals surface area contributed by atoms with Gasteiger partial charge in [-0.2, -0.15) is 4.98 Å². The fourth-order valence-electron chi connectivity index (χ4n) is 3.74. The fourth-order valence-corrected chi connectivity index (χ4v) is 3.96. The minimum absolute atomic E-state index is 0.0331. The summed E-state index contributed by atoms with van der Waals surface area (Å²) in [6, 6.07) is 7.32. The third-order valence-corrected chi connectivity index (χ3v) is 5.72. The highest BCUT2D eigenvalue weighted by Crippen LogP contribution is 2.35. The predicted molar refractivity (Wildman–Crippen MR) is 133 cm³/mol. The molecule has 3 aromatic heterocycles. The maximum absolute atomic E-state index is 13.5. The molecule has 5 rings (SSSR count). The molecule has 4 aromatic rings. The Hall–Kier alpha value is -4.84. The first-order valence-corrected chi connectivity index (χ1v) is 11.1. The number of guanidine groups is 1. The lowest BCUT2D eigenvalue weighted by atomic mass is 9.96. The quantitative estimate of drug-likeness (QED) is 0.303. The number of hydrogen-bond donors (Lipinski definition) is 4. The predicted octanol–water partition coefficient (Wildman–Crippen LogP) is 4.13. The molecule has 4 heterocycles. The number of carbonyl (C=O) groups is 2.